The van der Waals surface area contributed by atoms with E-state index in [-0.39, 0.29) is 29.0 Å². The number of halogens is 4. The summed E-state index contributed by atoms with van der Waals surface area (Å²) in [6.45, 7) is 8.44. The average molecular weight is 593 g/mol. The van der Waals surface area contributed by atoms with Gasteiger partial charge in [-0.05, 0) is 54.5 Å². The van der Waals surface area contributed by atoms with Gasteiger partial charge in [0.25, 0.3) is 6.43 Å². The van der Waals surface area contributed by atoms with E-state index in [1.165, 1.54) is 6.20 Å². The van der Waals surface area contributed by atoms with Crippen LogP contribution in [0, 0.1) is 40.9 Å². The van der Waals surface area contributed by atoms with E-state index in [1.807, 2.05) is 0 Å². The summed E-state index contributed by atoms with van der Waals surface area (Å²) in [6, 6.07) is 11.6. The third-order valence-electron chi connectivity index (χ3n) is 7.46. The number of nitriles is 2. The molecule has 2 heterocycles. The lowest BCUT2D eigenvalue weighted by Gasteiger charge is -2.23. The van der Waals surface area contributed by atoms with Crippen LogP contribution in [0.3, 0.4) is 0 Å². The largest absolute Gasteiger partial charge is 0.383 e. The van der Waals surface area contributed by atoms with Crippen LogP contribution in [0.25, 0.3) is 10.9 Å². The molecule has 42 heavy (non-hydrogen) atoms. The first-order valence-corrected chi connectivity index (χ1v) is 13.7. The Bertz CT molecular complexity index is 1760. The molecular formula is C30H28ClF3N8. The van der Waals surface area contributed by atoms with Gasteiger partial charge in [0, 0.05) is 23.8 Å². The molecule has 4 aromatic rings. The van der Waals surface area contributed by atoms with Crippen molar-refractivity contribution in [2.75, 3.05) is 17.2 Å². The molecule has 1 fully saturated rings. The van der Waals surface area contributed by atoms with Gasteiger partial charge in [-0.2, -0.15) is 14.9 Å². The highest BCUT2D eigenvalue weighted by atomic mass is 35.5. The highest BCUT2D eigenvalue weighted by Gasteiger charge is 2.56. The minimum atomic E-state index is -2.81. The van der Waals surface area contributed by atoms with Gasteiger partial charge in [-0.1, -0.05) is 49.7 Å². The van der Waals surface area contributed by atoms with Crippen LogP contribution in [-0.2, 0) is 5.54 Å². The fraction of sp³-hybridized carbons (Fsp3) is 0.367. The molecule has 0 aliphatic heterocycles. The number of nitrogens with one attached hydrogen (secondary N) is 2. The number of pyridine rings is 1. The molecule has 216 valence electrons. The molecule has 1 aliphatic carbocycles. The topological polar surface area (TPSA) is 115 Å². The van der Waals surface area contributed by atoms with Gasteiger partial charge < -0.3 is 10.6 Å². The number of nitrogens with zero attached hydrogens (tertiary/aromatic N) is 6. The zero-order chi connectivity index (χ0) is 30.4. The molecule has 0 amide bonds. The number of rotatable bonds is 8. The Hall–Kier alpha value is -4.35. The van der Waals surface area contributed by atoms with Crippen LogP contribution < -0.4 is 10.6 Å². The Morgan fingerprint density at radius 2 is 1.86 bits per heavy atom. The molecule has 2 aromatic heterocycles. The van der Waals surface area contributed by atoms with Crippen molar-refractivity contribution in [3.8, 4) is 12.1 Å². The van der Waals surface area contributed by atoms with E-state index < -0.39 is 24.0 Å². The summed E-state index contributed by atoms with van der Waals surface area (Å²) in [5.74, 6) is -0.986. The van der Waals surface area contributed by atoms with Crippen LogP contribution in [0.1, 0.15) is 67.6 Å². The highest BCUT2D eigenvalue weighted by Crippen LogP contribution is 2.49. The first kappa shape index (κ1) is 29.2. The predicted octanol–water partition coefficient (Wildman–Crippen LogP) is 7.08. The Balaban J connectivity index is 1.66. The van der Waals surface area contributed by atoms with E-state index in [9.17, 15) is 19.3 Å². The van der Waals surface area contributed by atoms with Crippen LogP contribution in [-0.4, -0.2) is 32.9 Å². The van der Waals surface area contributed by atoms with Crippen molar-refractivity contribution in [1.82, 2.24) is 20.0 Å². The van der Waals surface area contributed by atoms with Gasteiger partial charge in [-0.15, -0.1) is 5.10 Å². The maximum Gasteiger partial charge on any atom is 0.263 e. The van der Waals surface area contributed by atoms with E-state index in [1.54, 1.807) is 37.3 Å². The maximum absolute atomic E-state index is 15.9. The molecule has 0 radical (unpaired) electrons. The minimum Gasteiger partial charge on any atom is -0.383 e. The monoisotopic (exact) mass is 592 g/mol. The molecule has 12 heteroatoms. The van der Waals surface area contributed by atoms with Gasteiger partial charge in [0.1, 0.15) is 23.3 Å². The normalized spacial score (nSPS) is 14.8. The first-order chi connectivity index (χ1) is 19.9. The third-order valence-corrected chi connectivity index (χ3v) is 7.75. The Kier molecular flexibility index (Phi) is 7.50. The van der Waals surface area contributed by atoms with Gasteiger partial charge in [0.05, 0.1) is 33.4 Å². The lowest BCUT2D eigenvalue weighted by Crippen LogP contribution is -2.29. The summed E-state index contributed by atoms with van der Waals surface area (Å²) < 4.78 is 44.3. The fourth-order valence-corrected chi connectivity index (χ4v) is 5.18. The molecule has 8 nitrogen and oxygen atoms in total. The molecule has 1 saturated carbocycles. The van der Waals surface area contributed by atoms with Crippen LogP contribution in [0.5, 0.6) is 0 Å². The molecule has 1 atom stereocenters. The van der Waals surface area contributed by atoms with Crippen LogP contribution in [0.2, 0.25) is 5.02 Å². The second kappa shape index (κ2) is 10.8. The van der Waals surface area contributed by atoms with Gasteiger partial charge >= 0.3 is 0 Å². The van der Waals surface area contributed by atoms with Gasteiger partial charge in [-0.25, -0.2) is 13.5 Å². The van der Waals surface area contributed by atoms with Crippen molar-refractivity contribution in [3.63, 3.8) is 0 Å². The van der Waals surface area contributed by atoms with E-state index in [4.69, 9.17) is 11.6 Å². The number of aromatic nitrogens is 4. The van der Waals surface area contributed by atoms with Crippen molar-refractivity contribution in [1.29, 1.82) is 10.5 Å². The number of fused-ring (bicyclic) bond motifs is 1. The van der Waals surface area contributed by atoms with Gasteiger partial charge in [0.2, 0.25) is 5.95 Å². The molecule has 0 spiro atoms. The van der Waals surface area contributed by atoms with E-state index in [2.05, 4.69) is 58.8 Å². The van der Waals surface area contributed by atoms with Crippen LogP contribution in [0.4, 0.5) is 24.5 Å². The van der Waals surface area contributed by atoms with Crippen LogP contribution >= 0.6 is 11.6 Å². The number of anilines is 2. The predicted molar refractivity (Wildman–Crippen MR) is 154 cm³/mol. The zero-order valence-corrected chi connectivity index (χ0v) is 24.2. The SMILES string of the molecule is Cc1c(C#N)cccc1[C@H](Nc1cc(Cl)c2ncc(C#N)c(NCC(C)(C)C)c2c1)c1nnn(C2(C(F)F)CC2)c1F. The molecule has 1 aliphatic rings. The summed E-state index contributed by atoms with van der Waals surface area (Å²) >= 11 is 6.67. The van der Waals surface area contributed by atoms with Crippen molar-refractivity contribution in [2.45, 2.75) is 58.5 Å². The number of hydrogen-bond acceptors (Lipinski definition) is 7. The Labute approximate surface area is 246 Å². The summed E-state index contributed by atoms with van der Waals surface area (Å²) in [5.41, 5.74) is 1.18. The van der Waals surface area contributed by atoms with Crippen molar-refractivity contribution in [3.05, 3.63) is 75.4 Å². The third kappa shape index (κ3) is 5.21. The standard InChI is InChI=1S/C30H28ClF3N8/c1-16-17(12-35)6-5-7-20(16)25(26-27(32)42(41-40-26)30(8-9-30)28(33)34)39-19-10-21-23(38-15-29(2,3)4)18(13-36)14-37-24(21)22(31)11-19/h5-7,10-11,14,25,28,39H,8-9,15H2,1-4H3,(H,37,38)/t25-/m0/s1. The average Bonchev–Trinajstić information content (AvgIpc) is 3.66. The summed E-state index contributed by atoms with van der Waals surface area (Å²) in [6.07, 6.45) is -1.18. The summed E-state index contributed by atoms with van der Waals surface area (Å²) in [7, 11) is 0. The zero-order valence-electron chi connectivity index (χ0n) is 23.4. The molecular weight excluding hydrogens is 565 g/mol. The smallest absolute Gasteiger partial charge is 0.263 e. The number of hydrogen-bond donors (Lipinski definition) is 2. The molecule has 0 bridgehead atoms. The fourth-order valence-electron chi connectivity index (χ4n) is 4.91. The Morgan fingerprint density at radius 1 is 1.14 bits per heavy atom. The van der Waals surface area contributed by atoms with Crippen molar-refractivity contribution in [2.24, 2.45) is 5.41 Å². The molecule has 5 rings (SSSR count). The lowest BCUT2D eigenvalue weighted by atomic mass is 9.95. The van der Waals surface area contributed by atoms with E-state index >= 15 is 4.39 Å². The quantitative estimate of drug-likeness (QED) is 0.224. The molecule has 2 aromatic carbocycles. The molecule has 2 N–H and O–H groups in total. The molecule has 0 saturated heterocycles. The second-order valence-electron chi connectivity index (χ2n) is 11.7. The minimum absolute atomic E-state index is 0.0876. The summed E-state index contributed by atoms with van der Waals surface area (Å²) in [4.78, 5) is 4.38. The first-order valence-electron chi connectivity index (χ1n) is 13.3. The van der Waals surface area contributed by atoms with E-state index in [0.717, 1.165) is 0 Å². The second-order valence-corrected chi connectivity index (χ2v) is 12.1. The Morgan fingerprint density at radius 3 is 2.48 bits per heavy atom. The maximum atomic E-state index is 15.9. The van der Waals surface area contributed by atoms with Crippen molar-refractivity contribution >= 4 is 33.9 Å². The summed E-state index contributed by atoms with van der Waals surface area (Å²) in [5, 5.41) is 34.7. The van der Waals surface area contributed by atoms with Crippen LogP contribution in [0.15, 0.2) is 36.5 Å². The van der Waals surface area contributed by atoms with Gasteiger partial charge in [-0.3, -0.25) is 4.98 Å². The lowest BCUT2D eigenvalue weighted by molar-refractivity contribution is 0.0524. The number of alkyl halides is 2. The highest BCUT2D eigenvalue weighted by molar-refractivity contribution is 6.35. The van der Waals surface area contributed by atoms with Crippen molar-refractivity contribution < 1.29 is 13.2 Å². The number of benzene rings is 2. The van der Waals surface area contributed by atoms with E-state index in [0.29, 0.717) is 55.8 Å². The van der Waals surface area contributed by atoms with Gasteiger partial charge in [0.15, 0.2) is 0 Å². The molecule has 0 unspecified atom stereocenters.